The van der Waals surface area contributed by atoms with Crippen LogP contribution in [0.5, 0.6) is 0 Å². The van der Waals surface area contributed by atoms with Crippen LogP contribution in [0.2, 0.25) is 5.02 Å². The molecule has 0 bridgehead atoms. The van der Waals surface area contributed by atoms with E-state index in [0.717, 1.165) is 30.6 Å². The Morgan fingerprint density at radius 3 is 2.92 bits per heavy atom. The van der Waals surface area contributed by atoms with Gasteiger partial charge in [-0.15, -0.1) is 30.6 Å². The van der Waals surface area contributed by atoms with Crippen LogP contribution in [-0.2, 0) is 0 Å². The summed E-state index contributed by atoms with van der Waals surface area (Å²) in [6, 6.07) is 8.60. The van der Waals surface area contributed by atoms with Gasteiger partial charge in [-0.3, -0.25) is 9.89 Å². The molecule has 2 rings (SSSR count). The topological polar surface area (TPSA) is 39.7 Å². The third-order valence-electron chi connectivity index (χ3n) is 4.44. The van der Waals surface area contributed by atoms with E-state index in [9.17, 15) is 0 Å². The van der Waals surface area contributed by atoms with Crippen LogP contribution in [0, 0.1) is 5.92 Å². The summed E-state index contributed by atoms with van der Waals surface area (Å²) < 4.78 is 0. The average Bonchev–Trinajstić information content (AvgIpc) is 2.57. The number of piperidine rings is 1. The quantitative estimate of drug-likeness (QED) is 0.281. The lowest BCUT2D eigenvalue weighted by Gasteiger charge is -2.39. The van der Waals surface area contributed by atoms with E-state index in [1.807, 2.05) is 18.2 Å². The van der Waals surface area contributed by atoms with Crippen LogP contribution in [0.4, 0.5) is 0 Å². The van der Waals surface area contributed by atoms with Crippen molar-refractivity contribution in [1.29, 1.82) is 0 Å². The predicted octanol–water partition coefficient (Wildman–Crippen LogP) is 4.08. The van der Waals surface area contributed by atoms with Gasteiger partial charge in [0.2, 0.25) is 0 Å². The van der Waals surface area contributed by atoms with Gasteiger partial charge in [-0.1, -0.05) is 29.8 Å². The van der Waals surface area contributed by atoms with Crippen molar-refractivity contribution >= 4 is 41.5 Å². The average molecular weight is 477 g/mol. The molecule has 1 fully saturated rings. The summed E-state index contributed by atoms with van der Waals surface area (Å²) in [7, 11) is 2.20. The number of benzene rings is 1. The number of rotatable bonds is 6. The Balaban J connectivity index is 0.00000312. The van der Waals surface area contributed by atoms with Crippen LogP contribution in [-0.4, -0.2) is 44.1 Å². The number of guanidine groups is 1. The summed E-state index contributed by atoms with van der Waals surface area (Å²) in [6.45, 7) is 9.31. The van der Waals surface area contributed by atoms with E-state index in [-0.39, 0.29) is 24.0 Å². The minimum Gasteiger partial charge on any atom is -0.357 e. The first-order chi connectivity index (χ1) is 11.7. The number of nitrogens with zero attached hydrogens (tertiary/aromatic N) is 2. The Morgan fingerprint density at radius 1 is 1.44 bits per heavy atom. The smallest absolute Gasteiger partial charge is 0.191 e. The molecular weight excluding hydrogens is 447 g/mol. The van der Waals surface area contributed by atoms with Gasteiger partial charge in [0, 0.05) is 30.7 Å². The van der Waals surface area contributed by atoms with Crippen molar-refractivity contribution in [2.45, 2.75) is 25.8 Å². The fourth-order valence-electron chi connectivity index (χ4n) is 3.39. The van der Waals surface area contributed by atoms with Crippen LogP contribution in [0.1, 0.15) is 31.4 Å². The fourth-order valence-corrected chi connectivity index (χ4v) is 3.59. The molecule has 2 atom stereocenters. The van der Waals surface area contributed by atoms with Crippen LogP contribution in [0.3, 0.4) is 0 Å². The maximum Gasteiger partial charge on any atom is 0.191 e. The molecule has 0 amide bonds. The second-order valence-electron chi connectivity index (χ2n) is 6.27. The fraction of sp³-hybridized carbons (Fsp3) is 0.526. The molecule has 0 aliphatic carbocycles. The van der Waals surface area contributed by atoms with Crippen molar-refractivity contribution in [3.05, 3.63) is 47.5 Å². The molecule has 0 spiro atoms. The van der Waals surface area contributed by atoms with Crippen molar-refractivity contribution in [2.24, 2.45) is 10.9 Å². The van der Waals surface area contributed by atoms with Gasteiger partial charge in [-0.25, -0.2) is 0 Å². The minimum atomic E-state index is 0. The highest BCUT2D eigenvalue weighted by Gasteiger charge is 2.30. The van der Waals surface area contributed by atoms with E-state index in [0.29, 0.717) is 18.5 Å². The van der Waals surface area contributed by atoms with E-state index < -0.39 is 0 Å². The van der Waals surface area contributed by atoms with E-state index in [4.69, 9.17) is 16.6 Å². The van der Waals surface area contributed by atoms with Crippen LogP contribution in [0.15, 0.2) is 41.9 Å². The van der Waals surface area contributed by atoms with Gasteiger partial charge < -0.3 is 10.6 Å². The first-order valence-electron chi connectivity index (χ1n) is 8.74. The molecule has 1 saturated heterocycles. The molecule has 1 aromatic rings. The molecule has 4 nitrogen and oxygen atoms in total. The Kier molecular flexibility index (Phi) is 10.5. The first kappa shape index (κ1) is 22.3. The Labute approximate surface area is 174 Å². The van der Waals surface area contributed by atoms with Crippen LogP contribution < -0.4 is 10.6 Å². The highest BCUT2D eigenvalue weighted by atomic mass is 127. The summed E-state index contributed by atoms with van der Waals surface area (Å²) in [4.78, 5) is 7.22. The molecule has 6 heteroatoms. The van der Waals surface area contributed by atoms with E-state index in [1.165, 1.54) is 18.4 Å². The highest BCUT2D eigenvalue weighted by molar-refractivity contribution is 14.0. The summed E-state index contributed by atoms with van der Waals surface area (Å²) in [6.07, 6.45) is 4.24. The Hall–Kier alpha value is -0.790. The summed E-state index contributed by atoms with van der Waals surface area (Å²) in [5.41, 5.74) is 1.29. The lowest BCUT2D eigenvalue weighted by atomic mass is 9.85. The third-order valence-corrected chi connectivity index (χ3v) is 4.67. The van der Waals surface area contributed by atoms with Crippen molar-refractivity contribution in [3.8, 4) is 0 Å². The third kappa shape index (κ3) is 6.79. The molecule has 25 heavy (non-hydrogen) atoms. The van der Waals surface area contributed by atoms with Crippen LogP contribution in [0.25, 0.3) is 0 Å². The zero-order valence-corrected chi connectivity index (χ0v) is 18.3. The van der Waals surface area contributed by atoms with Crippen molar-refractivity contribution < 1.29 is 0 Å². The van der Waals surface area contributed by atoms with Crippen LogP contribution >= 0.6 is 35.6 Å². The maximum atomic E-state index is 6.21. The summed E-state index contributed by atoms with van der Waals surface area (Å²) in [5.74, 6) is 1.34. The lowest BCUT2D eigenvalue weighted by Crippen LogP contribution is -2.40. The second-order valence-corrected chi connectivity index (χ2v) is 6.71. The minimum absolute atomic E-state index is 0. The largest absolute Gasteiger partial charge is 0.357 e. The van der Waals surface area contributed by atoms with Gasteiger partial charge in [-0.05, 0) is 57.0 Å². The molecule has 0 saturated carbocycles. The normalized spacial score (nSPS) is 21.3. The second kappa shape index (κ2) is 11.8. The number of halogens is 2. The SMILES string of the molecule is C=CCNC(=NCC1CCCN(C)C1c1cccc(Cl)c1)NCC.I. The van der Waals surface area contributed by atoms with Gasteiger partial charge in [0.25, 0.3) is 0 Å². The summed E-state index contributed by atoms with van der Waals surface area (Å²) >= 11 is 6.21. The first-order valence-corrected chi connectivity index (χ1v) is 9.12. The molecule has 140 valence electrons. The van der Waals surface area contributed by atoms with Crippen molar-refractivity contribution in [1.82, 2.24) is 15.5 Å². The van der Waals surface area contributed by atoms with Crippen molar-refractivity contribution in [2.75, 3.05) is 33.2 Å². The standard InChI is InChI=1S/C19H29ClN4.HI/c1-4-11-22-19(21-5-2)23-14-16-9-7-12-24(3)18(16)15-8-6-10-17(20)13-15;/h4,6,8,10,13,16,18H,1,5,7,9,11-12,14H2,2-3H3,(H2,21,22,23);1H. The molecule has 1 aromatic carbocycles. The number of likely N-dealkylation sites (tertiary alicyclic amines) is 1. The molecule has 1 heterocycles. The highest BCUT2D eigenvalue weighted by Crippen LogP contribution is 2.36. The molecule has 2 N–H and O–H groups in total. The van der Waals surface area contributed by atoms with Gasteiger partial charge in [0.05, 0.1) is 0 Å². The lowest BCUT2D eigenvalue weighted by molar-refractivity contribution is 0.125. The van der Waals surface area contributed by atoms with E-state index in [1.54, 1.807) is 0 Å². The Morgan fingerprint density at radius 2 is 2.24 bits per heavy atom. The summed E-state index contributed by atoms with van der Waals surface area (Å²) in [5, 5.41) is 7.36. The molecular formula is C19H30ClIN4. The van der Waals surface area contributed by atoms with Gasteiger partial charge in [0.15, 0.2) is 5.96 Å². The van der Waals surface area contributed by atoms with E-state index in [2.05, 4.69) is 48.2 Å². The van der Waals surface area contributed by atoms with Crippen molar-refractivity contribution in [3.63, 3.8) is 0 Å². The Bertz CT molecular complexity index is 564. The number of aliphatic imine (C=N–C) groups is 1. The molecule has 0 radical (unpaired) electrons. The monoisotopic (exact) mass is 476 g/mol. The number of hydrogen-bond donors (Lipinski definition) is 2. The van der Waals surface area contributed by atoms with Gasteiger partial charge >= 0.3 is 0 Å². The zero-order valence-electron chi connectivity index (χ0n) is 15.2. The zero-order chi connectivity index (χ0) is 17.4. The maximum absolute atomic E-state index is 6.21. The number of nitrogens with one attached hydrogen (secondary N) is 2. The van der Waals surface area contributed by atoms with Gasteiger partial charge in [0.1, 0.15) is 0 Å². The van der Waals surface area contributed by atoms with E-state index >= 15 is 0 Å². The predicted molar refractivity (Wildman–Crippen MR) is 119 cm³/mol. The molecule has 1 aliphatic rings. The molecule has 1 aliphatic heterocycles. The molecule has 0 aromatic heterocycles. The van der Waals surface area contributed by atoms with Gasteiger partial charge in [-0.2, -0.15) is 0 Å². The molecule has 2 unspecified atom stereocenters. The number of hydrogen-bond acceptors (Lipinski definition) is 2.